The van der Waals surface area contributed by atoms with Gasteiger partial charge in [-0.25, -0.2) is 4.79 Å². The quantitative estimate of drug-likeness (QED) is 0.685. The van der Waals surface area contributed by atoms with Crippen LogP contribution in [0.4, 0.5) is 13.2 Å². The van der Waals surface area contributed by atoms with E-state index in [-0.39, 0.29) is 22.9 Å². The fraction of sp³-hybridized carbons (Fsp3) is 0.500. The third kappa shape index (κ3) is 3.77. The summed E-state index contributed by atoms with van der Waals surface area (Å²) in [7, 11) is 1.42. The second-order valence-corrected chi connectivity index (χ2v) is 7.17. The number of alkyl halides is 3. The van der Waals surface area contributed by atoms with Gasteiger partial charge in [-0.3, -0.25) is 0 Å². The van der Waals surface area contributed by atoms with Crippen molar-refractivity contribution < 1.29 is 32.2 Å². The molecule has 0 bridgehead atoms. The van der Waals surface area contributed by atoms with Crippen LogP contribution >= 0.6 is 11.6 Å². The molecule has 1 heterocycles. The van der Waals surface area contributed by atoms with E-state index in [2.05, 4.69) is 0 Å². The molecule has 1 unspecified atom stereocenters. The maximum Gasteiger partial charge on any atom is 0.430 e. The minimum absolute atomic E-state index is 0.0592. The molecular formula is C18H20ClF3O4. The van der Waals surface area contributed by atoms with E-state index in [0.29, 0.717) is 11.3 Å². The summed E-state index contributed by atoms with van der Waals surface area (Å²) in [4.78, 5) is 12.0. The number of benzene rings is 1. The van der Waals surface area contributed by atoms with Gasteiger partial charge in [0.15, 0.2) is 0 Å². The Bertz CT molecular complexity index is 748. The minimum Gasteiger partial charge on any atom is -0.495 e. The molecule has 1 atom stereocenters. The molecular weight excluding hydrogens is 373 g/mol. The Hall–Kier alpha value is -1.89. The molecule has 0 aliphatic carbocycles. The first kappa shape index (κ1) is 20.4. The van der Waals surface area contributed by atoms with E-state index in [4.69, 9.17) is 25.8 Å². The summed E-state index contributed by atoms with van der Waals surface area (Å²) in [5, 5.41) is 0.0809. The molecule has 0 N–H and O–H groups in total. The smallest absolute Gasteiger partial charge is 0.430 e. The highest BCUT2D eigenvalue weighted by atomic mass is 35.5. The van der Waals surface area contributed by atoms with Gasteiger partial charge in [0.2, 0.25) is 6.10 Å². The van der Waals surface area contributed by atoms with Gasteiger partial charge in [0.25, 0.3) is 0 Å². The number of hydrogen-bond donors (Lipinski definition) is 0. The van der Waals surface area contributed by atoms with Crippen molar-refractivity contribution in [2.24, 2.45) is 0 Å². The maximum atomic E-state index is 13.4. The van der Waals surface area contributed by atoms with Gasteiger partial charge in [0.05, 0.1) is 24.3 Å². The van der Waals surface area contributed by atoms with Crippen LogP contribution in [0.25, 0.3) is 6.08 Å². The normalized spacial score (nSPS) is 17.1. The summed E-state index contributed by atoms with van der Waals surface area (Å²) in [6.07, 6.45) is -6.15. The SMILES string of the molecule is CCOC(=O)C1=Cc2c(cc(C(C)(C)C)c(OC)c2Cl)OC1C(F)(F)F. The zero-order valence-electron chi connectivity index (χ0n) is 15.1. The molecule has 1 aliphatic rings. The predicted molar refractivity (Wildman–Crippen MR) is 91.8 cm³/mol. The van der Waals surface area contributed by atoms with Crippen LogP contribution in [0.5, 0.6) is 11.5 Å². The van der Waals surface area contributed by atoms with Gasteiger partial charge in [0, 0.05) is 11.1 Å². The molecule has 4 nitrogen and oxygen atoms in total. The second kappa shape index (κ2) is 7.02. The number of carbonyl (C=O) groups is 1. The number of ether oxygens (including phenoxy) is 3. The van der Waals surface area contributed by atoms with Crippen LogP contribution in [-0.2, 0) is 14.9 Å². The van der Waals surface area contributed by atoms with E-state index in [9.17, 15) is 18.0 Å². The van der Waals surface area contributed by atoms with E-state index in [1.54, 1.807) is 0 Å². The van der Waals surface area contributed by atoms with Crippen molar-refractivity contribution >= 4 is 23.6 Å². The summed E-state index contributed by atoms with van der Waals surface area (Å²) in [5.41, 5.74) is -0.358. The molecule has 0 radical (unpaired) electrons. The highest BCUT2D eigenvalue weighted by molar-refractivity contribution is 6.34. The summed E-state index contributed by atoms with van der Waals surface area (Å²) in [6.45, 7) is 7.06. The number of fused-ring (bicyclic) bond motifs is 1. The summed E-state index contributed by atoms with van der Waals surface area (Å²) >= 11 is 6.36. The van der Waals surface area contributed by atoms with E-state index in [1.807, 2.05) is 20.8 Å². The lowest BCUT2D eigenvalue weighted by Gasteiger charge is -2.31. The van der Waals surface area contributed by atoms with Crippen molar-refractivity contribution in [2.45, 2.75) is 45.4 Å². The molecule has 26 heavy (non-hydrogen) atoms. The molecule has 144 valence electrons. The van der Waals surface area contributed by atoms with E-state index in [0.717, 1.165) is 6.08 Å². The lowest BCUT2D eigenvalue weighted by molar-refractivity contribution is -0.187. The highest BCUT2D eigenvalue weighted by Gasteiger charge is 2.49. The molecule has 8 heteroatoms. The summed E-state index contributed by atoms with van der Waals surface area (Å²) in [6, 6.07) is 1.47. The Kier molecular flexibility index (Phi) is 5.52. The van der Waals surface area contributed by atoms with Gasteiger partial charge >= 0.3 is 12.1 Å². The maximum absolute atomic E-state index is 13.4. The van der Waals surface area contributed by atoms with Crippen LogP contribution in [0.1, 0.15) is 38.8 Å². The van der Waals surface area contributed by atoms with Crippen LogP contribution in [0, 0.1) is 0 Å². The van der Waals surface area contributed by atoms with Crippen LogP contribution < -0.4 is 9.47 Å². The standard InChI is InChI=1S/C18H20ClF3O4/c1-6-25-16(23)10-7-9-12(26-15(10)18(20,21)22)8-11(17(2,3)4)14(24-5)13(9)19/h7-8,15H,6H2,1-5H3. The minimum atomic E-state index is -4.79. The molecule has 1 aromatic carbocycles. The Morgan fingerprint density at radius 1 is 1.31 bits per heavy atom. The van der Waals surface area contributed by atoms with Crippen molar-refractivity contribution in [3.63, 3.8) is 0 Å². The monoisotopic (exact) mass is 392 g/mol. The van der Waals surface area contributed by atoms with Gasteiger partial charge in [-0.05, 0) is 24.5 Å². The summed E-state index contributed by atoms with van der Waals surface area (Å²) in [5.74, 6) is -0.835. The zero-order valence-corrected chi connectivity index (χ0v) is 15.8. The predicted octanol–water partition coefficient (Wildman–Crippen LogP) is 4.92. The molecule has 0 saturated carbocycles. The molecule has 1 aromatic rings. The Morgan fingerprint density at radius 3 is 2.38 bits per heavy atom. The summed E-state index contributed by atoms with van der Waals surface area (Å²) < 4.78 is 55.5. The van der Waals surface area contributed by atoms with E-state index >= 15 is 0 Å². The number of carbonyl (C=O) groups excluding carboxylic acids is 1. The molecule has 1 aliphatic heterocycles. The number of halogens is 4. The van der Waals surface area contributed by atoms with Gasteiger partial charge in [0.1, 0.15) is 11.5 Å². The van der Waals surface area contributed by atoms with Gasteiger partial charge in [-0.15, -0.1) is 0 Å². The van der Waals surface area contributed by atoms with Gasteiger partial charge in [-0.1, -0.05) is 32.4 Å². The fourth-order valence-electron chi connectivity index (χ4n) is 2.66. The number of hydrogen-bond acceptors (Lipinski definition) is 4. The van der Waals surface area contributed by atoms with E-state index < -0.39 is 29.2 Å². The number of esters is 1. The molecule has 0 fully saturated rings. The first-order valence-corrected chi connectivity index (χ1v) is 8.32. The number of rotatable bonds is 3. The lowest BCUT2D eigenvalue weighted by atomic mass is 9.84. The third-order valence-electron chi connectivity index (χ3n) is 3.87. The molecule has 0 amide bonds. The van der Waals surface area contributed by atoms with Crippen molar-refractivity contribution in [3.8, 4) is 11.5 Å². The van der Waals surface area contributed by atoms with Crippen LogP contribution in [0.2, 0.25) is 5.02 Å². The average Bonchev–Trinajstić information content (AvgIpc) is 2.52. The second-order valence-electron chi connectivity index (χ2n) is 6.79. The third-order valence-corrected chi connectivity index (χ3v) is 4.24. The fourth-order valence-corrected chi connectivity index (χ4v) is 2.98. The average molecular weight is 393 g/mol. The van der Waals surface area contributed by atoms with Crippen molar-refractivity contribution in [1.82, 2.24) is 0 Å². The molecule has 0 aromatic heterocycles. The van der Waals surface area contributed by atoms with Crippen LogP contribution in [0.15, 0.2) is 11.6 Å². The molecule has 0 saturated heterocycles. The topological polar surface area (TPSA) is 44.8 Å². The van der Waals surface area contributed by atoms with Crippen molar-refractivity contribution in [3.05, 3.63) is 27.8 Å². The van der Waals surface area contributed by atoms with Gasteiger partial charge in [-0.2, -0.15) is 13.2 Å². The largest absolute Gasteiger partial charge is 0.495 e. The zero-order chi connectivity index (χ0) is 19.9. The van der Waals surface area contributed by atoms with Gasteiger partial charge < -0.3 is 14.2 Å². The highest BCUT2D eigenvalue weighted by Crippen LogP contribution is 2.47. The Labute approximate surface area is 154 Å². The lowest BCUT2D eigenvalue weighted by Crippen LogP contribution is -2.41. The van der Waals surface area contributed by atoms with Crippen LogP contribution in [0.3, 0.4) is 0 Å². The Morgan fingerprint density at radius 2 is 1.92 bits per heavy atom. The van der Waals surface area contributed by atoms with Crippen molar-refractivity contribution in [2.75, 3.05) is 13.7 Å². The molecule has 0 spiro atoms. The Balaban J connectivity index is 2.72. The number of methoxy groups -OCH3 is 1. The van der Waals surface area contributed by atoms with Crippen LogP contribution in [-0.4, -0.2) is 32.0 Å². The first-order valence-electron chi connectivity index (χ1n) is 7.94. The van der Waals surface area contributed by atoms with Crippen molar-refractivity contribution in [1.29, 1.82) is 0 Å². The first-order chi connectivity index (χ1) is 11.9. The molecule has 2 rings (SSSR count). The van der Waals surface area contributed by atoms with E-state index in [1.165, 1.54) is 20.1 Å².